The van der Waals surface area contributed by atoms with E-state index in [1.165, 1.54) is 21.3 Å². The smallest absolute Gasteiger partial charge is 0.342 e. The van der Waals surface area contributed by atoms with E-state index in [-0.39, 0.29) is 24.3 Å². The van der Waals surface area contributed by atoms with Gasteiger partial charge in [-0.1, -0.05) is 30.3 Å². The van der Waals surface area contributed by atoms with Crippen molar-refractivity contribution in [3.05, 3.63) is 56.7 Å². The predicted octanol–water partition coefficient (Wildman–Crippen LogP) is 2.74. The average molecular weight is 500 g/mol. The van der Waals surface area contributed by atoms with Crippen LogP contribution in [-0.4, -0.2) is 44.5 Å². The molecule has 2 rings (SSSR count). The standard InChI is InChI=1S/C20H21IO7/c1-25-18-16(20(24)27-3)13(10-15(22)19(23)26-2)9-14(21)17(18)28-11-12-7-5-4-6-8-12/h4-9,15,22H,10-11H2,1-3H3. The Kier molecular flexibility index (Phi) is 8.06. The molecule has 150 valence electrons. The zero-order valence-corrected chi connectivity index (χ0v) is 17.9. The molecule has 0 aliphatic heterocycles. The van der Waals surface area contributed by atoms with Crippen molar-refractivity contribution >= 4 is 34.5 Å². The Balaban J connectivity index is 2.46. The molecule has 0 radical (unpaired) electrons. The van der Waals surface area contributed by atoms with Crippen molar-refractivity contribution in [2.45, 2.75) is 19.1 Å². The third-order valence-electron chi connectivity index (χ3n) is 3.98. The van der Waals surface area contributed by atoms with E-state index in [4.69, 9.17) is 14.2 Å². The highest BCUT2D eigenvalue weighted by atomic mass is 127. The quantitative estimate of drug-likeness (QED) is 0.441. The highest BCUT2D eigenvalue weighted by molar-refractivity contribution is 14.1. The molecule has 7 nitrogen and oxygen atoms in total. The van der Waals surface area contributed by atoms with Gasteiger partial charge < -0.3 is 24.1 Å². The highest BCUT2D eigenvalue weighted by Gasteiger charge is 2.28. The number of rotatable bonds is 8. The summed E-state index contributed by atoms with van der Waals surface area (Å²) < 4.78 is 21.4. The first-order valence-corrected chi connectivity index (χ1v) is 9.41. The highest BCUT2D eigenvalue weighted by Crippen LogP contribution is 2.39. The number of benzene rings is 2. The predicted molar refractivity (Wildman–Crippen MR) is 110 cm³/mol. The first-order valence-electron chi connectivity index (χ1n) is 8.33. The van der Waals surface area contributed by atoms with Crippen LogP contribution in [0.25, 0.3) is 0 Å². The van der Waals surface area contributed by atoms with Crippen molar-refractivity contribution in [2.75, 3.05) is 21.3 Å². The van der Waals surface area contributed by atoms with Crippen LogP contribution in [0.3, 0.4) is 0 Å². The van der Waals surface area contributed by atoms with Crippen molar-refractivity contribution in [3.63, 3.8) is 0 Å². The van der Waals surface area contributed by atoms with Crippen LogP contribution in [0.2, 0.25) is 0 Å². The molecule has 1 atom stereocenters. The lowest BCUT2D eigenvalue weighted by molar-refractivity contribution is -0.150. The lowest BCUT2D eigenvalue weighted by Gasteiger charge is -2.19. The van der Waals surface area contributed by atoms with Crippen LogP contribution in [0.5, 0.6) is 11.5 Å². The Hall–Kier alpha value is -2.33. The number of hydrogen-bond acceptors (Lipinski definition) is 7. The fraction of sp³-hybridized carbons (Fsp3) is 0.300. The van der Waals surface area contributed by atoms with Gasteiger partial charge in [-0.3, -0.25) is 0 Å². The Bertz CT molecular complexity index is 836. The van der Waals surface area contributed by atoms with Gasteiger partial charge in [0.1, 0.15) is 12.2 Å². The zero-order chi connectivity index (χ0) is 20.7. The van der Waals surface area contributed by atoms with Crippen molar-refractivity contribution < 1.29 is 33.6 Å². The maximum Gasteiger partial charge on any atom is 0.342 e. The van der Waals surface area contributed by atoms with Gasteiger partial charge in [0.25, 0.3) is 0 Å². The van der Waals surface area contributed by atoms with E-state index in [0.29, 0.717) is 14.9 Å². The van der Waals surface area contributed by atoms with Crippen molar-refractivity contribution in [2.24, 2.45) is 0 Å². The minimum Gasteiger partial charge on any atom is -0.492 e. The largest absolute Gasteiger partial charge is 0.492 e. The first-order chi connectivity index (χ1) is 13.4. The number of aliphatic hydroxyl groups is 1. The van der Waals surface area contributed by atoms with E-state index in [0.717, 1.165) is 5.56 Å². The number of esters is 2. The molecule has 2 aromatic carbocycles. The molecule has 0 bridgehead atoms. The Morgan fingerprint density at radius 1 is 1.07 bits per heavy atom. The van der Waals surface area contributed by atoms with Gasteiger partial charge in [0.05, 0.1) is 24.9 Å². The number of methoxy groups -OCH3 is 3. The van der Waals surface area contributed by atoms with Gasteiger partial charge in [0.15, 0.2) is 17.6 Å². The number of aliphatic hydroxyl groups excluding tert-OH is 1. The fourth-order valence-electron chi connectivity index (χ4n) is 2.63. The van der Waals surface area contributed by atoms with Gasteiger partial charge in [-0.05, 0) is 39.8 Å². The van der Waals surface area contributed by atoms with Gasteiger partial charge in [0, 0.05) is 6.42 Å². The minimum absolute atomic E-state index is 0.0939. The molecule has 0 aliphatic rings. The summed E-state index contributed by atoms with van der Waals surface area (Å²) in [6.07, 6.45) is -1.56. The summed E-state index contributed by atoms with van der Waals surface area (Å²) in [5.74, 6) is -0.899. The van der Waals surface area contributed by atoms with Crippen LogP contribution in [-0.2, 0) is 27.3 Å². The normalized spacial score (nSPS) is 11.5. The molecule has 1 N–H and O–H groups in total. The van der Waals surface area contributed by atoms with E-state index in [1.807, 2.05) is 52.9 Å². The molecule has 0 aromatic heterocycles. The van der Waals surface area contributed by atoms with E-state index < -0.39 is 18.0 Å². The monoisotopic (exact) mass is 500 g/mol. The summed E-state index contributed by atoms with van der Waals surface area (Å²) in [6, 6.07) is 11.2. The summed E-state index contributed by atoms with van der Waals surface area (Å²) in [4.78, 5) is 24.0. The summed E-state index contributed by atoms with van der Waals surface area (Å²) in [7, 11) is 3.83. The van der Waals surface area contributed by atoms with Crippen LogP contribution in [0, 0.1) is 3.57 Å². The Morgan fingerprint density at radius 2 is 1.75 bits per heavy atom. The molecule has 0 saturated carbocycles. The number of carbonyl (C=O) groups excluding carboxylic acids is 2. The van der Waals surface area contributed by atoms with Crippen LogP contribution >= 0.6 is 22.6 Å². The third-order valence-corrected chi connectivity index (χ3v) is 4.78. The first kappa shape index (κ1) is 22.0. The van der Waals surface area contributed by atoms with Gasteiger partial charge in [-0.25, -0.2) is 9.59 Å². The number of carbonyl (C=O) groups is 2. The van der Waals surface area contributed by atoms with Crippen molar-refractivity contribution in [1.82, 2.24) is 0 Å². The summed E-state index contributed by atoms with van der Waals surface area (Å²) in [5.41, 5.74) is 1.43. The fourth-order valence-corrected chi connectivity index (χ4v) is 3.41. The van der Waals surface area contributed by atoms with E-state index in [1.54, 1.807) is 6.07 Å². The summed E-state index contributed by atoms with van der Waals surface area (Å²) >= 11 is 2.05. The van der Waals surface area contributed by atoms with Crippen molar-refractivity contribution in [1.29, 1.82) is 0 Å². The molecular weight excluding hydrogens is 479 g/mol. The van der Waals surface area contributed by atoms with Crippen LogP contribution in [0.15, 0.2) is 36.4 Å². The molecule has 0 amide bonds. The van der Waals surface area contributed by atoms with Gasteiger partial charge in [0.2, 0.25) is 0 Å². The number of ether oxygens (including phenoxy) is 4. The lowest BCUT2D eigenvalue weighted by Crippen LogP contribution is -2.25. The molecule has 0 heterocycles. The summed E-state index contributed by atoms with van der Waals surface area (Å²) in [6.45, 7) is 0.276. The SMILES string of the molecule is COC(=O)c1c(CC(O)C(=O)OC)cc(I)c(OCc2ccccc2)c1OC. The molecule has 0 spiro atoms. The van der Waals surface area contributed by atoms with Crippen LogP contribution in [0.1, 0.15) is 21.5 Å². The molecular formula is C20H21IO7. The zero-order valence-electron chi connectivity index (χ0n) is 15.7. The molecule has 2 aromatic rings. The molecule has 0 aliphatic carbocycles. The maximum atomic E-state index is 12.4. The number of halogens is 1. The van der Waals surface area contributed by atoms with Crippen LogP contribution in [0.4, 0.5) is 0 Å². The maximum absolute atomic E-state index is 12.4. The van der Waals surface area contributed by atoms with Gasteiger partial charge >= 0.3 is 11.9 Å². The Labute approximate surface area is 176 Å². The van der Waals surface area contributed by atoms with Gasteiger partial charge in [-0.15, -0.1) is 0 Å². The minimum atomic E-state index is -1.43. The van der Waals surface area contributed by atoms with Gasteiger partial charge in [-0.2, -0.15) is 0 Å². The second-order valence-electron chi connectivity index (χ2n) is 5.76. The molecule has 8 heteroatoms. The average Bonchev–Trinajstić information content (AvgIpc) is 2.71. The number of hydrogen-bond donors (Lipinski definition) is 1. The van der Waals surface area contributed by atoms with E-state index in [9.17, 15) is 14.7 Å². The second kappa shape index (κ2) is 10.3. The third kappa shape index (κ3) is 5.14. The second-order valence-corrected chi connectivity index (χ2v) is 6.93. The lowest BCUT2D eigenvalue weighted by atomic mass is 9.99. The topological polar surface area (TPSA) is 91.3 Å². The van der Waals surface area contributed by atoms with Crippen molar-refractivity contribution in [3.8, 4) is 11.5 Å². The summed E-state index contributed by atoms with van der Waals surface area (Å²) in [5, 5.41) is 10.0. The van der Waals surface area contributed by atoms with Crippen LogP contribution < -0.4 is 9.47 Å². The Morgan fingerprint density at radius 3 is 2.32 bits per heavy atom. The molecule has 0 fully saturated rings. The van der Waals surface area contributed by atoms with E-state index >= 15 is 0 Å². The molecule has 28 heavy (non-hydrogen) atoms. The molecule has 0 saturated heterocycles. The van der Waals surface area contributed by atoms with E-state index in [2.05, 4.69) is 4.74 Å². The molecule has 1 unspecified atom stereocenters.